The van der Waals surface area contributed by atoms with Crippen LogP contribution in [0.25, 0.3) is 10.9 Å². The largest absolute Gasteiger partial charge is 0.493 e. The number of aromatic amines is 1. The number of ether oxygens (including phenoxy) is 3. The van der Waals surface area contributed by atoms with Crippen molar-refractivity contribution in [1.29, 1.82) is 0 Å². The summed E-state index contributed by atoms with van der Waals surface area (Å²) in [4.78, 5) is 39.4. The second-order valence-electron chi connectivity index (χ2n) is 6.55. The van der Waals surface area contributed by atoms with Gasteiger partial charge in [0.25, 0.3) is 5.91 Å². The van der Waals surface area contributed by atoms with Crippen LogP contribution in [0.1, 0.15) is 22.8 Å². The number of nitrogens with one attached hydrogen (secondary N) is 2. The van der Waals surface area contributed by atoms with Gasteiger partial charge in [-0.2, -0.15) is 0 Å². The predicted molar refractivity (Wildman–Crippen MR) is 111 cm³/mol. The van der Waals surface area contributed by atoms with E-state index in [0.717, 1.165) is 5.56 Å². The van der Waals surface area contributed by atoms with Gasteiger partial charge in [-0.1, -0.05) is 24.3 Å². The van der Waals surface area contributed by atoms with E-state index in [1.54, 1.807) is 49.6 Å². The molecule has 2 N–H and O–H groups in total. The molecule has 0 saturated carbocycles. The number of hydrogen-bond acceptors (Lipinski definition) is 6. The monoisotopic (exact) mass is 410 g/mol. The highest BCUT2D eigenvalue weighted by Crippen LogP contribution is 2.27. The number of rotatable bonds is 7. The van der Waals surface area contributed by atoms with E-state index in [1.807, 2.05) is 0 Å². The molecule has 0 spiro atoms. The number of aromatic nitrogens is 1. The smallest absolute Gasteiger partial charge is 0.339 e. The summed E-state index contributed by atoms with van der Waals surface area (Å²) in [5, 5.41) is 3.25. The number of fused-ring (bicyclic) bond motifs is 1. The molecule has 0 aliphatic rings. The summed E-state index contributed by atoms with van der Waals surface area (Å²) < 4.78 is 15.7. The molecular formula is C22H22N2O6. The van der Waals surface area contributed by atoms with Crippen molar-refractivity contribution in [3.63, 3.8) is 0 Å². The summed E-state index contributed by atoms with van der Waals surface area (Å²) in [5.41, 5.74) is 0.989. The summed E-state index contributed by atoms with van der Waals surface area (Å²) in [6, 6.07) is 13.3. The average Bonchev–Trinajstić information content (AvgIpc) is 2.76. The van der Waals surface area contributed by atoms with Crippen molar-refractivity contribution >= 4 is 22.8 Å². The molecule has 1 atom stereocenters. The van der Waals surface area contributed by atoms with Gasteiger partial charge in [-0.15, -0.1) is 0 Å². The molecule has 1 aromatic heterocycles. The molecule has 8 nitrogen and oxygen atoms in total. The SMILES string of the molecule is COc1ccc(CNC(=O)C(C)OC(=O)c2cc(=O)[nH]c3ccccc23)cc1OC. The second-order valence-corrected chi connectivity index (χ2v) is 6.55. The lowest BCUT2D eigenvalue weighted by atomic mass is 10.1. The Labute approximate surface area is 172 Å². The van der Waals surface area contributed by atoms with Crippen LogP contribution in [0.15, 0.2) is 53.3 Å². The van der Waals surface area contributed by atoms with Crippen LogP contribution < -0.4 is 20.3 Å². The predicted octanol–water partition coefficient (Wildman–Crippen LogP) is 2.41. The Bertz CT molecular complexity index is 1140. The van der Waals surface area contributed by atoms with Crippen LogP contribution in [0.2, 0.25) is 0 Å². The van der Waals surface area contributed by atoms with Gasteiger partial charge in [0.05, 0.1) is 19.8 Å². The standard InChI is InChI=1S/C22H22N2O6/c1-13(21(26)23-12-14-8-9-18(28-2)19(10-14)29-3)30-22(27)16-11-20(25)24-17-7-5-4-6-15(16)17/h4-11,13H,12H2,1-3H3,(H,23,26)(H,24,25). The van der Waals surface area contributed by atoms with Crippen LogP contribution in [0.5, 0.6) is 11.5 Å². The number of amides is 1. The van der Waals surface area contributed by atoms with Gasteiger partial charge in [0, 0.05) is 23.5 Å². The fourth-order valence-electron chi connectivity index (χ4n) is 2.97. The number of H-pyrrole nitrogens is 1. The molecule has 8 heteroatoms. The summed E-state index contributed by atoms with van der Waals surface area (Å²) in [7, 11) is 3.07. The molecule has 30 heavy (non-hydrogen) atoms. The van der Waals surface area contributed by atoms with Crippen LogP contribution in [0.3, 0.4) is 0 Å². The van der Waals surface area contributed by atoms with Gasteiger partial charge in [-0.25, -0.2) is 4.79 Å². The van der Waals surface area contributed by atoms with E-state index < -0.39 is 23.5 Å². The van der Waals surface area contributed by atoms with Crippen LogP contribution in [0.4, 0.5) is 0 Å². The molecule has 1 amide bonds. The minimum absolute atomic E-state index is 0.105. The maximum Gasteiger partial charge on any atom is 0.339 e. The Hall–Kier alpha value is -3.81. The highest BCUT2D eigenvalue weighted by molar-refractivity contribution is 6.03. The molecule has 3 aromatic rings. The van der Waals surface area contributed by atoms with Crippen molar-refractivity contribution in [3.05, 3.63) is 70.0 Å². The molecule has 1 heterocycles. The highest BCUT2D eigenvalue weighted by atomic mass is 16.5. The first kappa shape index (κ1) is 20.9. The van der Waals surface area contributed by atoms with Crippen molar-refractivity contribution in [2.45, 2.75) is 19.6 Å². The minimum atomic E-state index is -1.05. The number of para-hydroxylation sites is 1. The first-order valence-corrected chi connectivity index (χ1v) is 9.24. The quantitative estimate of drug-likeness (QED) is 0.580. The van der Waals surface area contributed by atoms with E-state index in [4.69, 9.17) is 14.2 Å². The lowest BCUT2D eigenvalue weighted by molar-refractivity contribution is -0.129. The average molecular weight is 410 g/mol. The lowest BCUT2D eigenvalue weighted by Crippen LogP contribution is -2.35. The van der Waals surface area contributed by atoms with Crippen molar-refractivity contribution in [1.82, 2.24) is 10.3 Å². The zero-order chi connectivity index (χ0) is 21.7. The molecule has 0 aliphatic heterocycles. The summed E-state index contributed by atoms with van der Waals surface area (Å²) in [6.45, 7) is 1.69. The fraction of sp³-hybridized carbons (Fsp3) is 0.227. The molecule has 3 rings (SSSR count). The Morgan fingerprint density at radius 3 is 2.50 bits per heavy atom. The number of hydrogen-bond donors (Lipinski definition) is 2. The van der Waals surface area contributed by atoms with E-state index in [2.05, 4.69) is 10.3 Å². The molecule has 0 fully saturated rings. The lowest BCUT2D eigenvalue weighted by Gasteiger charge is -2.15. The van der Waals surface area contributed by atoms with Gasteiger partial charge >= 0.3 is 5.97 Å². The number of carbonyl (C=O) groups is 2. The Morgan fingerprint density at radius 1 is 1.03 bits per heavy atom. The first-order valence-electron chi connectivity index (χ1n) is 9.24. The van der Waals surface area contributed by atoms with E-state index in [0.29, 0.717) is 22.4 Å². The number of methoxy groups -OCH3 is 2. The molecule has 0 aliphatic carbocycles. The maximum atomic E-state index is 12.6. The molecule has 0 radical (unpaired) electrons. The maximum absolute atomic E-state index is 12.6. The van der Waals surface area contributed by atoms with E-state index in [-0.39, 0.29) is 12.1 Å². The molecule has 1 unspecified atom stereocenters. The van der Waals surface area contributed by atoms with Gasteiger partial charge in [0.15, 0.2) is 17.6 Å². The van der Waals surface area contributed by atoms with Gasteiger partial charge in [0.2, 0.25) is 5.56 Å². The molecule has 0 bridgehead atoms. The molecular weight excluding hydrogens is 388 g/mol. The van der Waals surface area contributed by atoms with E-state index >= 15 is 0 Å². The van der Waals surface area contributed by atoms with Gasteiger partial charge in [0.1, 0.15) is 0 Å². The van der Waals surface area contributed by atoms with Gasteiger partial charge in [-0.3, -0.25) is 9.59 Å². The van der Waals surface area contributed by atoms with Crippen LogP contribution in [0, 0.1) is 0 Å². The topological polar surface area (TPSA) is 107 Å². The third-order valence-corrected chi connectivity index (χ3v) is 4.54. The molecule has 156 valence electrons. The molecule has 2 aromatic carbocycles. The van der Waals surface area contributed by atoms with Crippen LogP contribution in [-0.4, -0.2) is 37.2 Å². The Kier molecular flexibility index (Phi) is 6.36. The number of esters is 1. The summed E-state index contributed by atoms with van der Waals surface area (Å²) in [5.74, 6) is -0.0804. The first-order chi connectivity index (χ1) is 14.4. The van der Waals surface area contributed by atoms with Gasteiger partial charge < -0.3 is 24.5 Å². The summed E-state index contributed by atoms with van der Waals surface area (Å²) in [6.07, 6.45) is -1.05. The van der Waals surface area contributed by atoms with Crippen molar-refractivity contribution in [2.24, 2.45) is 0 Å². The van der Waals surface area contributed by atoms with E-state index in [1.165, 1.54) is 20.1 Å². The van der Waals surface area contributed by atoms with E-state index in [9.17, 15) is 14.4 Å². The second kappa shape index (κ2) is 9.13. The normalized spacial score (nSPS) is 11.6. The highest BCUT2D eigenvalue weighted by Gasteiger charge is 2.21. The van der Waals surface area contributed by atoms with Crippen LogP contribution >= 0.6 is 0 Å². The third kappa shape index (κ3) is 4.60. The number of pyridine rings is 1. The van der Waals surface area contributed by atoms with Crippen molar-refractivity contribution in [3.8, 4) is 11.5 Å². The Balaban J connectivity index is 1.66. The molecule has 0 saturated heterocycles. The zero-order valence-corrected chi connectivity index (χ0v) is 16.9. The Morgan fingerprint density at radius 2 is 1.77 bits per heavy atom. The van der Waals surface area contributed by atoms with Crippen molar-refractivity contribution in [2.75, 3.05) is 14.2 Å². The number of benzene rings is 2. The summed E-state index contributed by atoms with van der Waals surface area (Å²) >= 11 is 0. The van der Waals surface area contributed by atoms with Crippen LogP contribution in [-0.2, 0) is 16.1 Å². The van der Waals surface area contributed by atoms with Crippen molar-refractivity contribution < 1.29 is 23.8 Å². The zero-order valence-electron chi connectivity index (χ0n) is 16.9. The fourth-order valence-corrected chi connectivity index (χ4v) is 2.97. The minimum Gasteiger partial charge on any atom is -0.493 e. The third-order valence-electron chi connectivity index (χ3n) is 4.54. The number of carbonyl (C=O) groups excluding carboxylic acids is 2. The van der Waals surface area contributed by atoms with Gasteiger partial charge in [-0.05, 0) is 30.7 Å².